The second-order valence-corrected chi connectivity index (χ2v) is 5.82. The molecule has 1 heterocycles. The molecule has 7 heteroatoms. The van der Waals surface area contributed by atoms with Gasteiger partial charge in [0.25, 0.3) is 5.56 Å². The van der Waals surface area contributed by atoms with Crippen molar-refractivity contribution >= 4 is 17.5 Å². The summed E-state index contributed by atoms with van der Waals surface area (Å²) in [4.78, 5) is 30.7. The number of thioether (sulfide) groups is 1. The summed E-state index contributed by atoms with van der Waals surface area (Å²) in [6, 6.07) is 8.66. The summed E-state index contributed by atoms with van der Waals surface area (Å²) in [5.41, 5.74) is 1.77. The van der Waals surface area contributed by atoms with Gasteiger partial charge in [-0.25, -0.2) is 4.98 Å². The zero-order valence-electron chi connectivity index (χ0n) is 13.2. The molecule has 0 saturated carbocycles. The Hall–Kier alpha value is -1.96. The number of H-pyrrole nitrogens is 1. The number of methoxy groups -OCH3 is 2. The first-order valence-corrected chi connectivity index (χ1v) is 7.91. The van der Waals surface area contributed by atoms with E-state index in [2.05, 4.69) is 9.97 Å². The number of hydrogen-bond donors (Lipinski definition) is 1. The minimum atomic E-state index is -0.718. The van der Waals surface area contributed by atoms with Crippen molar-refractivity contribution in [2.45, 2.75) is 18.4 Å². The quantitative estimate of drug-likeness (QED) is 0.362. The summed E-state index contributed by atoms with van der Waals surface area (Å²) in [5.74, 6) is 0.151. The maximum absolute atomic E-state index is 12.2. The molecule has 2 aromatic rings. The minimum absolute atomic E-state index is 0.0296. The Bertz CT molecular complexity index is 724. The third-order valence-corrected chi connectivity index (χ3v) is 4.00. The summed E-state index contributed by atoms with van der Waals surface area (Å²) in [5, 5.41) is 0.354. The molecule has 1 aromatic heterocycles. The first-order valence-electron chi connectivity index (χ1n) is 6.93. The van der Waals surface area contributed by atoms with Crippen LogP contribution in [0.5, 0.6) is 0 Å². The molecule has 0 unspecified atom stereocenters. The SMILES string of the molecule is COC(OC)c1cc(=O)[nH]c(SCC(=O)c2ccc(C)cc2)n1. The Morgan fingerprint density at radius 3 is 2.52 bits per heavy atom. The van der Waals surface area contributed by atoms with Crippen LogP contribution in [-0.4, -0.2) is 35.7 Å². The number of aryl methyl sites for hydroxylation is 1. The second kappa shape index (κ2) is 8.05. The number of ether oxygens (including phenoxy) is 2. The van der Waals surface area contributed by atoms with Crippen molar-refractivity contribution in [2.24, 2.45) is 0 Å². The average Bonchev–Trinajstić information content (AvgIpc) is 2.54. The van der Waals surface area contributed by atoms with Crippen LogP contribution in [0.3, 0.4) is 0 Å². The number of carbonyl (C=O) groups excluding carboxylic acids is 1. The fourth-order valence-electron chi connectivity index (χ4n) is 1.94. The average molecular weight is 334 g/mol. The molecule has 0 aliphatic rings. The van der Waals surface area contributed by atoms with Gasteiger partial charge < -0.3 is 14.5 Å². The Morgan fingerprint density at radius 2 is 1.91 bits per heavy atom. The lowest BCUT2D eigenvalue weighted by atomic mass is 10.1. The highest BCUT2D eigenvalue weighted by molar-refractivity contribution is 7.99. The molecule has 1 aromatic carbocycles. The van der Waals surface area contributed by atoms with E-state index in [0.29, 0.717) is 16.4 Å². The van der Waals surface area contributed by atoms with Crippen LogP contribution in [-0.2, 0) is 9.47 Å². The van der Waals surface area contributed by atoms with E-state index in [-0.39, 0.29) is 17.1 Å². The van der Waals surface area contributed by atoms with Gasteiger partial charge in [0.15, 0.2) is 10.9 Å². The van der Waals surface area contributed by atoms with Crippen molar-refractivity contribution in [1.29, 1.82) is 0 Å². The Morgan fingerprint density at radius 1 is 1.26 bits per heavy atom. The number of hydrogen-bond acceptors (Lipinski definition) is 6. The van der Waals surface area contributed by atoms with E-state index in [1.54, 1.807) is 12.1 Å². The lowest BCUT2D eigenvalue weighted by Crippen LogP contribution is -2.15. The smallest absolute Gasteiger partial charge is 0.251 e. The fourth-order valence-corrected chi connectivity index (χ4v) is 2.71. The number of rotatable bonds is 7. The van der Waals surface area contributed by atoms with Gasteiger partial charge in [0.05, 0.1) is 5.75 Å². The van der Waals surface area contributed by atoms with E-state index in [9.17, 15) is 9.59 Å². The molecule has 0 spiro atoms. The van der Waals surface area contributed by atoms with Crippen LogP contribution < -0.4 is 5.56 Å². The number of carbonyl (C=O) groups is 1. The number of aromatic nitrogens is 2. The highest BCUT2D eigenvalue weighted by Crippen LogP contribution is 2.18. The molecule has 0 amide bonds. The van der Waals surface area contributed by atoms with Crippen LogP contribution in [0.15, 0.2) is 40.3 Å². The number of nitrogens with zero attached hydrogens (tertiary/aromatic N) is 1. The molecule has 23 heavy (non-hydrogen) atoms. The molecule has 122 valence electrons. The number of aromatic amines is 1. The summed E-state index contributed by atoms with van der Waals surface area (Å²) >= 11 is 1.17. The summed E-state index contributed by atoms with van der Waals surface area (Å²) in [6.07, 6.45) is -0.718. The molecule has 0 saturated heterocycles. The van der Waals surface area contributed by atoms with Crippen LogP contribution in [0.2, 0.25) is 0 Å². The summed E-state index contributed by atoms with van der Waals surface area (Å²) in [7, 11) is 2.93. The normalized spacial score (nSPS) is 11.0. The van der Waals surface area contributed by atoms with Gasteiger partial charge in [-0.15, -0.1) is 0 Å². The number of nitrogens with one attached hydrogen (secondary N) is 1. The lowest BCUT2D eigenvalue weighted by Gasteiger charge is -2.12. The molecular formula is C16H18N2O4S. The third-order valence-electron chi connectivity index (χ3n) is 3.12. The standard InChI is InChI=1S/C16H18N2O4S/c1-10-4-6-11(7-5-10)13(19)9-23-16-17-12(8-14(20)18-16)15(21-2)22-3/h4-8,15H,9H2,1-3H3,(H,17,18,20). The fraction of sp³-hybridized carbons (Fsp3) is 0.312. The molecule has 0 bridgehead atoms. The van der Waals surface area contributed by atoms with E-state index in [1.807, 2.05) is 19.1 Å². The number of Topliss-reactive ketones (excluding diaryl/α,β-unsaturated/α-hetero) is 1. The van der Waals surface area contributed by atoms with Crippen LogP contribution in [0, 0.1) is 6.92 Å². The van der Waals surface area contributed by atoms with Crippen molar-refractivity contribution in [3.8, 4) is 0 Å². The molecule has 2 rings (SSSR count). The minimum Gasteiger partial charge on any atom is -0.350 e. The zero-order valence-corrected chi connectivity index (χ0v) is 14.0. The van der Waals surface area contributed by atoms with Crippen LogP contribution in [0.4, 0.5) is 0 Å². The van der Waals surface area contributed by atoms with Crippen molar-refractivity contribution < 1.29 is 14.3 Å². The Kier molecular flexibility index (Phi) is 6.09. The van der Waals surface area contributed by atoms with Crippen molar-refractivity contribution in [1.82, 2.24) is 9.97 Å². The molecule has 6 nitrogen and oxygen atoms in total. The topological polar surface area (TPSA) is 81.3 Å². The number of benzene rings is 1. The van der Waals surface area contributed by atoms with E-state index < -0.39 is 6.29 Å². The third kappa shape index (κ3) is 4.75. The van der Waals surface area contributed by atoms with E-state index in [0.717, 1.165) is 5.56 Å². The van der Waals surface area contributed by atoms with Crippen molar-refractivity contribution in [2.75, 3.05) is 20.0 Å². The predicted octanol–water partition coefficient (Wildman–Crippen LogP) is 2.34. The maximum Gasteiger partial charge on any atom is 0.251 e. The van der Waals surface area contributed by atoms with Gasteiger partial charge in [-0.05, 0) is 6.92 Å². The maximum atomic E-state index is 12.2. The molecular weight excluding hydrogens is 316 g/mol. The van der Waals surface area contributed by atoms with Gasteiger partial charge >= 0.3 is 0 Å². The van der Waals surface area contributed by atoms with Gasteiger partial charge in [-0.2, -0.15) is 0 Å². The van der Waals surface area contributed by atoms with Gasteiger partial charge in [-0.3, -0.25) is 9.59 Å². The van der Waals surface area contributed by atoms with Gasteiger partial charge in [0.2, 0.25) is 6.29 Å². The second-order valence-electron chi connectivity index (χ2n) is 4.86. The van der Waals surface area contributed by atoms with Crippen molar-refractivity contribution in [3.05, 3.63) is 57.5 Å². The van der Waals surface area contributed by atoms with Gasteiger partial charge in [-0.1, -0.05) is 41.6 Å². The van der Waals surface area contributed by atoms with E-state index >= 15 is 0 Å². The first-order chi connectivity index (χ1) is 11.0. The highest BCUT2D eigenvalue weighted by Gasteiger charge is 2.14. The number of ketones is 1. The Balaban J connectivity index is 2.09. The molecule has 0 fully saturated rings. The van der Waals surface area contributed by atoms with Crippen LogP contribution in [0.25, 0.3) is 0 Å². The first kappa shape index (κ1) is 17.4. The van der Waals surface area contributed by atoms with E-state index in [1.165, 1.54) is 32.0 Å². The summed E-state index contributed by atoms with van der Waals surface area (Å²) in [6.45, 7) is 1.96. The van der Waals surface area contributed by atoms with Crippen LogP contribution in [0.1, 0.15) is 27.9 Å². The lowest BCUT2D eigenvalue weighted by molar-refractivity contribution is -0.109. The molecule has 0 atom stereocenters. The molecule has 0 radical (unpaired) electrons. The monoisotopic (exact) mass is 334 g/mol. The van der Waals surface area contributed by atoms with Gasteiger partial charge in [0, 0.05) is 25.8 Å². The van der Waals surface area contributed by atoms with Gasteiger partial charge in [0.1, 0.15) is 5.69 Å². The van der Waals surface area contributed by atoms with E-state index in [4.69, 9.17) is 9.47 Å². The summed E-state index contributed by atoms with van der Waals surface area (Å²) < 4.78 is 10.2. The molecule has 0 aliphatic heterocycles. The molecule has 1 N–H and O–H groups in total. The van der Waals surface area contributed by atoms with Crippen LogP contribution >= 0.6 is 11.8 Å². The largest absolute Gasteiger partial charge is 0.350 e. The molecule has 0 aliphatic carbocycles. The highest BCUT2D eigenvalue weighted by atomic mass is 32.2. The Labute approximate surface area is 138 Å². The zero-order chi connectivity index (χ0) is 16.8. The van der Waals surface area contributed by atoms with Crippen molar-refractivity contribution in [3.63, 3.8) is 0 Å². The predicted molar refractivity (Wildman–Crippen MR) is 87.9 cm³/mol.